The molecule has 0 saturated heterocycles. The molecule has 0 bridgehead atoms. The molecule has 3 aromatic heterocycles. The molecule has 0 amide bonds. The van der Waals surface area contributed by atoms with Crippen LogP contribution in [0.3, 0.4) is 0 Å². The normalized spacial score (nSPS) is 23.5. The SMILES string of the molecule is CCc1nc2c(NCc3ccc(OC)cc3OC)ncc(-c3cnn(C4CCC(C)(O)CC4)c3)c2nc1N[C@@H]1CC[C@H](O)C1. The lowest BCUT2D eigenvalue weighted by molar-refractivity contribution is 0.00851. The number of rotatable bonds is 10. The number of hydrogen-bond acceptors (Lipinski definition) is 10. The number of benzene rings is 1. The van der Waals surface area contributed by atoms with E-state index < -0.39 is 5.60 Å². The van der Waals surface area contributed by atoms with E-state index in [1.54, 1.807) is 14.2 Å². The minimum Gasteiger partial charge on any atom is -0.497 e. The van der Waals surface area contributed by atoms with Gasteiger partial charge in [-0.2, -0.15) is 5.10 Å². The molecule has 0 radical (unpaired) electrons. The third kappa shape index (κ3) is 6.30. The Morgan fingerprint density at radius 3 is 2.55 bits per heavy atom. The van der Waals surface area contributed by atoms with Crippen LogP contribution in [0.25, 0.3) is 22.2 Å². The molecule has 2 fully saturated rings. The number of anilines is 2. The molecule has 44 heavy (non-hydrogen) atoms. The molecule has 4 aromatic rings. The largest absolute Gasteiger partial charge is 0.497 e. The fourth-order valence-corrected chi connectivity index (χ4v) is 6.40. The van der Waals surface area contributed by atoms with Gasteiger partial charge in [0.25, 0.3) is 0 Å². The highest BCUT2D eigenvalue weighted by atomic mass is 16.5. The van der Waals surface area contributed by atoms with E-state index in [0.29, 0.717) is 30.7 Å². The summed E-state index contributed by atoms with van der Waals surface area (Å²) in [6, 6.07) is 6.14. The molecule has 0 aliphatic heterocycles. The molecule has 2 saturated carbocycles. The lowest BCUT2D eigenvalue weighted by Crippen LogP contribution is -2.31. The Kier molecular flexibility index (Phi) is 8.59. The van der Waals surface area contributed by atoms with Crippen LogP contribution < -0.4 is 20.1 Å². The summed E-state index contributed by atoms with van der Waals surface area (Å²) in [4.78, 5) is 15.1. The number of hydrogen-bond donors (Lipinski definition) is 4. The van der Waals surface area contributed by atoms with E-state index in [2.05, 4.69) is 23.8 Å². The third-order valence-corrected chi connectivity index (χ3v) is 9.11. The number of ether oxygens (including phenoxy) is 2. The predicted molar refractivity (Wildman–Crippen MR) is 170 cm³/mol. The maximum Gasteiger partial charge on any atom is 0.154 e. The topological polar surface area (TPSA) is 139 Å². The van der Waals surface area contributed by atoms with Crippen LogP contribution in [0.1, 0.15) is 76.1 Å². The van der Waals surface area contributed by atoms with E-state index in [4.69, 9.17) is 29.5 Å². The molecule has 3 heterocycles. The second-order valence-electron chi connectivity index (χ2n) is 12.4. The first-order chi connectivity index (χ1) is 21.3. The molecule has 2 atom stereocenters. The van der Waals surface area contributed by atoms with Gasteiger partial charge in [0, 0.05) is 47.7 Å². The van der Waals surface area contributed by atoms with Crippen molar-refractivity contribution in [1.29, 1.82) is 0 Å². The zero-order chi connectivity index (χ0) is 30.8. The van der Waals surface area contributed by atoms with Crippen molar-refractivity contribution in [2.75, 3.05) is 24.9 Å². The fraction of sp³-hybridized carbons (Fsp3) is 0.515. The summed E-state index contributed by atoms with van der Waals surface area (Å²) in [5.74, 6) is 2.83. The van der Waals surface area contributed by atoms with Gasteiger partial charge >= 0.3 is 0 Å². The van der Waals surface area contributed by atoms with Crippen molar-refractivity contribution in [3.63, 3.8) is 0 Å². The number of aromatic nitrogens is 5. The number of pyridine rings is 1. The molecule has 11 nitrogen and oxygen atoms in total. The molecule has 6 rings (SSSR count). The van der Waals surface area contributed by atoms with Crippen molar-refractivity contribution in [3.05, 3.63) is 48.0 Å². The predicted octanol–water partition coefficient (Wildman–Crippen LogP) is 5.27. The van der Waals surface area contributed by atoms with Crippen molar-refractivity contribution in [1.82, 2.24) is 24.7 Å². The van der Waals surface area contributed by atoms with E-state index in [9.17, 15) is 10.2 Å². The maximum atomic E-state index is 10.4. The number of aryl methyl sites for hydroxylation is 1. The van der Waals surface area contributed by atoms with Crippen LogP contribution in [0.5, 0.6) is 11.5 Å². The summed E-state index contributed by atoms with van der Waals surface area (Å²) in [5, 5.41) is 32.3. The van der Waals surface area contributed by atoms with Gasteiger partial charge in [0.15, 0.2) is 5.82 Å². The molecular formula is C33H43N7O4. The number of aliphatic hydroxyl groups excluding tert-OH is 1. The summed E-state index contributed by atoms with van der Waals surface area (Å²) in [6.45, 7) is 4.46. The van der Waals surface area contributed by atoms with Gasteiger partial charge in [-0.15, -0.1) is 0 Å². The first-order valence-corrected chi connectivity index (χ1v) is 15.6. The minimum absolute atomic E-state index is 0.152. The van der Waals surface area contributed by atoms with Gasteiger partial charge in [0.05, 0.1) is 43.9 Å². The highest BCUT2D eigenvalue weighted by molar-refractivity contribution is 5.97. The first kappa shape index (κ1) is 30.1. The number of aliphatic hydroxyl groups is 2. The van der Waals surface area contributed by atoms with Crippen molar-refractivity contribution in [2.45, 2.75) is 95.5 Å². The average Bonchev–Trinajstić information content (AvgIpc) is 3.68. The highest BCUT2D eigenvalue weighted by Gasteiger charge is 2.30. The quantitative estimate of drug-likeness (QED) is 0.190. The zero-order valence-corrected chi connectivity index (χ0v) is 26.0. The van der Waals surface area contributed by atoms with E-state index in [1.165, 1.54) is 0 Å². The minimum atomic E-state index is -0.601. The van der Waals surface area contributed by atoms with Crippen LogP contribution in [-0.2, 0) is 13.0 Å². The lowest BCUT2D eigenvalue weighted by atomic mass is 9.84. The Balaban J connectivity index is 1.37. The Bertz CT molecular complexity index is 1610. The van der Waals surface area contributed by atoms with E-state index in [1.807, 2.05) is 42.2 Å². The van der Waals surface area contributed by atoms with E-state index in [0.717, 1.165) is 83.7 Å². The Morgan fingerprint density at radius 1 is 1.02 bits per heavy atom. The third-order valence-electron chi connectivity index (χ3n) is 9.11. The van der Waals surface area contributed by atoms with Gasteiger partial charge in [-0.3, -0.25) is 4.68 Å². The Morgan fingerprint density at radius 2 is 1.84 bits per heavy atom. The molecule has 2 aliphatic rings. The van der Waals surface area contributed by atoms with E-state index in [-0.39, 0.29) is 18.2 Å². The monoisotopic (exact) mass is 601 g/mol. The van der Waals surface area contributed by atoms with Gasteiger partial charge < -0.3 is 30.3 Å². The Labute approximate surface area is 258 Å². The number of fused-ring (bicyclic) bond motifs is 1. The van der Waals surface area contributed by atoms with E-state index >= 15 is 0 Å². The van der Waals surface area contributed by atoms with Crippen molar-refractivity contribution in [2.24, 2.45) is 0 Å². The van der Waals surface area contributed by atoms with Crippen LogP contribution in [0, 0.1) is 0 Å². The van der Waals surface area contributed by atoms with Gasteiger partial charge in [-0.1, -0.05) is 6.92 Å². The summed E-state index contributed by atoms with van der Waals surface area (Å²) >= 11 is 0. The molecule has 0 unspecified atom stereocenters. The van der Waals surface area contributed by atoms with Gasteiger partial charge in [-0.25, -0.2) is 15.0 Å². The van der Waals surface area contributed by atoms with Crippen LogP contribution >= 0.6 is 0 Å². The first-order valence-electron chi connectivity index (χ1n) is 15.6. The van der Waals surface area contributed by atoms with Gasteiger partial charge in [-0.05, 0) is 70.4 Å². The summed E-state index contributed by atoms with van der Waals surface area (Å²) in [5.41, 5.74) is 4.40. The molecule has 234 valence electrons. The number of methoxy groups -OCH3 is 2. The fourth-order valence-electron chi connectivity index (χ4n) is 6.40. The van der Waals surface area contributed by atoms with Crippen molar-refractivity contribution in [3.8, 4) is 22.6 Å². The van der Waals surface area contributed by atoms with Crippen molar-refractivity contribution < 1.29 is 19.7 Å². The standard InChI is InChI=1S/C33H43N7O4/c1-5-27-31(37-22-7-8-24(41)14-22)39-29-26(21-17-36-40(19-21)23-10-12-33(2,42)13-11-23)18-35-32(30(29)38-27)34-16-20-6-9-25(43-3)15-28(20)44-4/h6,9,15,17-19,22-24,41-42H,5,7-8,10-14,16H2,1-4H3,(H,34,35)(H,37,39)/t22-,23?,24+,33?/m1/s1. The zero-order valence-electron chi connectivity index (χ0n) is 26.0. The summed E-state index contributed by atoms with van der Waals surface area (Å²) in [7, 11) is 3.28. The molecule has 1 aromatic carbocycles. The number of nitrogens with zero attached hydrogens (tertiary/aromatic N) is 5. The molecule has 2 aliphatic carbocycles. The summed E-state index contributed by atoms with van der Waals surface area (Å²) in [6.07, 6.45) is 11.8. The van der Waals surface area contributed by atoms with Gasteiger partial charge in [0.1, 0.15) is 28.4 Å². The second-order valence-corrected chi connectivity index (χ2v) is 12.4. The maximum absolute atomic E-state index is 10.4. The van der Waals surface area contributed by atoms with Crippen molar-refractivity contribution >= 4 is 22.7 Å². The van der Waals surface area contributed by atoms with Crippen LogP contribution in [0.15, 0.2) is 36.8 Å². The summed E-state index contributed by atoms with van der Waals surface area (Å²) < 4.78 is 13.0. The molecule has 11 heteroatoms. The molecular weight excluding hydrogens is 558 g/mol. The average molecular weight is 602 g/mol. The van der Waals surface area contributed by atoms with Crippen LogP contribution in [0.4, 0.5) is 11.6 Å². The van der Waals surface area contributed by atoms with Crippen LogP contribution in [0.2, 0.25) is 0 Å². The van der Waals surface area contributed by atoms with Crippen LogP contribution in [-0.4, -0.2) is 66.9 Å². The smallest absolute Gasteiger partial charge is 0.154 e. The van der Waals surface area contributed by atoms with Gasteiger partial charge in [0.2, 0.25) is 0 Å². The highest BCUT2D eigenvalue weighted by Crippen LogP contribution is 2.37. The molecule has 4 N–H and O–H groups in total. The lowest BCUT2D eigenvalue weighted by Gasteiger charge is -2.33. The number of nitrogens with one attached hydrogen (secondary N) is 2. The Hall–Kier alpha value is -3.96. The second kappa shape index (κ2) is 12.6. The molecule has 0 spiro atoms.